The minimum absolute atomic E-state index is 0.0821. The lowest BCUT2D eigenvalue weighted by atomic mass is 9.97. The number of ether oxygens (including phenoxy) is 2. The van der Waals surface area contributed by atoms with Gasteiger partial charge >= 0.3 is 5.97 Å². The van der Waals surface area contributed by atoms with Crippen LogP contribution in [0.3, 0.4) is 0 Å². The first-order valence-electron chi connectivity index (χ1n) is 7.19. The van der Waals surface area contributed by atoms with Gasteiger partial charge in [-0.1, -0.05) is 0 Å². The number of rotatable bonds is 2. The zero-order chi connectivity index (χ0) is 15.0. The van der Waals surface area contributed by atoms with Crippen molar-refractivity contribution >= 4 is 11.9 Å². The number of piperidine rings is 1. The van der Waals surface area contributed by atoms with E-state index in [1.165, 1.54) is 7.11 Å². The van der Waals surface area contributed by atoms with E-state index in [-0.39, 0.29) is 17.8 Å². The number of methoxy groups -OCH3 is 1. The molecule has 3 heterocycles. The quantitative estimate of drug-likeness (QED) is 0.747. The van der Waals surface area contributed by atoms with E-state index in [1.54, 1.807) is 9.58 Å². The molecule has 114 valence electrons. The summed E-state index contributed by atoms with van der Waals surface area (Å²) in [6, 6.07) is 0. The number of fused-ring (bicyclic) bond motifs is 1. The molecule has 3 rings (SSSR count). The average Bonchev–Trinajstić information content (AvgIpc) is 3.09. The average molecular weight is 293 g/mol. The van der Waals surface area contributed by atoms with Crippen LogP contribution in [0.5, 0.6) is 5.88 Å². The van der Waals surface area contributed by atoms with Crippen molar-refractivity contribution in [3.63, 3.8) is 0 Å². The molecule has 7 nitrogen and oxygen atoms in total. The lowest BCUT2D eigenvalue weighted by molar-refractivity contribution is -0.146. The van der Waals surface area contributed by atoms with Gasteiger partial charge in [0.05, 0.1) is 19.6 Å². The number of likely N-dealkylation sites (tertiary alicyclic amines) is 1. The van der Waals surface area contributed by atoms with Crippen molar-refractivity contribution in [2.24, 2.45) is 5.92 Å². The zero-order valence-electron chi connectivity index (χ0n) is 12.3. The van der Waals surface area contributed by atoms with Gasteiger partial charge in [-0.25, -0.2) is 4.68 Å². The van der Waals surface area contributed by atoms with Gasteiger partial charge in [0.2, 0.25) is 5.88 Å². The Morgan fingerprint density at radius 3 is 2.62 bits per heavy atom. The van der Waals surface area contributed by atoms with E-state index in [1.807, 2.05) is 6.92 Å². The van der Waals surface area contributed by atoms with Gasteiger partial charge in [0.15, 0.2) is 5.69 Å². The highest BCUT2D eigenvalue weighted by molar-refractivity contribution is 5.94. The molecule has 0 spiro atoms. The standard InChI is InChI=1S/C14H19N3O4/c1-9-11(15-17-7-8-21-13(9)17)12(18)16-5-3-10(4-6-16)14(19)20-2/h10H,3-8H2,1-2H3. The molecule has 21 heavy (non-hydrogen) atoms. The largest absolute Gasteiger partial charge is 0.476 e. The molecular weight excluding hydrogens is 274 g/mol. The Labute approximate surface area is 122 Å². The number of esters is 1. The lowest BCUT2D eigenvalue weighted by Crippen LogP contribution is -2.41. The van der Waals surface area contributed by atoms with E-state index >= 15 is 0 Å². The van der Waals surface area contributed by atoms with Crippen molar-refractivity contribution < 1.29 is 19.1 Å². The highest BCUT2D eigenvalue weighted by atomic mass is 16.5. The molecule has 0 unspecified atom stereocenters. The van der Waals surface area contributed by atoms with Gasteiger partial charge < -0.3 is 14.4 Å². The van der Waals surface area contributed by atoms with Crippen LogP contribution in [0.15, 0.2) is 0 Å². The molecule has 2 aliphatic rings. The summed E-state index contributed by atoms with van der Waals surface area (Å²) >= 11 is 0. The SMILES string of the molecule is COC(=O)C1CCN(C(=O)c2nn3c(c2C)OCC3)CC1. The summed E-state index contributed by atoms with van der Waals surface area (Å²) in [5.41, 5.74) is 1.26. The fourth-order valence-electron chi connectivity index (χ4n) is 2.94. The zero-order valence-corrected chi connectivity index (χ0v) is 12.3. The van der Waals surface area contributed by atoms with Crippen LogP contribution in [0, 0.1) is 12.8 Å². The van der Waals surface area contributed by atoms with Gasteiger partial charge in [0.1, 0.15) is 6.61 Å². The Morgan fingerprint density at radius 2 is 2.00 bits per heavy atom. The van der Waals surface area contributed by atoms with Gasteiger partial charge in [-0.15, -0.1) is 0 Å². The summed E-state index contributed by atoms with van der Waals surface area (Å²) in [7, 11) is 1.40. The van der Waals surface area contributed by atoms with Crippen LogP contribution in [0.25, 0.3) is 0 Å². The minimum atomic E-state index is -0.187. The second-order valence-corrected chi connectivity index (χ2v) is 5.44. The van der Waals surface area contributed by atoms with Crippen molar-refractivity contribution in [2.75, 3.05) is 26.8 Å². The summed E-state index contributed by atoms with van der Waals surface area (Å²) in [6.45, 7) is 4.27. The monoisotopic (exact) mass is 293 g/mol. The van der Waals surface area contributed by atoms with Gasteiger partial charge in [-0.2, -0.15) is 5.10 Å². The molecule has 1 amide bonds. The topological polar surface area (TPSA) is 73.7 Å². The predicted octanol–water partition coefficient (Wildman–Crippen LogP) is 0.609. The van der Waals surface area contributed by atoms with Gasteiger partial charge in [-0.3, -0.25) is 9.59 Å². The van der Waals surface area contributed by atoms with Crippen molar-refractivity contribution in [3.05, 3.63) is 11.3 Å². The maximum atomic E-state index is 12.6. The third kappa shape index (κ3) is 2.36. The molecule has 1 aromatic rings. The first kappa shape index (κ1) is 13.9. The van der Waals surface area contributed by atoms with Crippen LogP contribution < -0.4 is 4.74 Å². The predicted molar refractivity (Wildman–Crippen MR) is 73.1 cm³/mol. The number of carbonyl (C=O) groups is 2. The van der Waals surface area contributed by atoms with E-state index in [0.29, 0.717) is 50.7 Å². The number of nitrogens with zero attached hydrogens (tertiary/aromatic N) is 3. The molecule has 0 aromatic carbocycles. The Bertz CT molecular complexity index is 573. The molecule has 1 aromatic heterocycles. The molecule has 0 radical (unpaired) electrons. The van der Waals surface area contributed by atoms with Crippen molar-refractivity contribution in [1.82, 2.24) is 14.7 Å². The molecule has 0 atom stereocenters. The van der Waals surface area contributed by atoms with Gasteiger partial charge in [0, 0.05) is 18.7 Å². The molecule has 1 saturated heterocycles. The molecule has 0 aliphatic carbocycles. The first-order chi connectivity index (χ1) is 10.1. The molecule has 0 saturated carbocycles. The lowest BCUT2D eigenvalue weighted by Gasteiger charge is -2.30. The molecule has 0 N–H and O–H groups in total. The van der Waals surface area contributed by atoms with Gasteiger partial charge in [0.25, 0.3) is 5.91 Å². The smallest absolute Gasteiger partial charge is 0.308 e. The summed E-state index contributed by atoms with van der Waals surface area (Å²) in [5, 5.41) is 4.34. The van der Waals surface area contributed by atoms with Gasteiger partial charge in [-0.05, 0) is 19.8 Å². The second kappa shape index (κ2) is 5.38. The van der Waals surface area contributed by atoms with Crippen molar-refractivity contribution in [2.45, 2.75) is 26.3 Å². The van der Waals surface area contributed by atoms with Crippen LogP contribution in [0.1, 0.15) is 28.9 Å². The summed E-state index contributed by atoms with van der Waals surface area (Å²) in [6.07, 6.45) is 1.28. The Balaban J connectivity index is 1.69. The third-order valence-electron chi connectivity index (χ3n) is 4.19. The number of amides is 1. The Kier molecular flexibility index (Phi) is 3.57. The molecule has 2 aliphatic heterocycles. The van der Waals surface area contributed by atoms with Crippen LogP contribution >= 0.6 is 0 Å². The van der Waals surface area contributed by atoms with Crippen LogP contribution in [-0.4, -0.2) is 53.4 Å². The first-order valence-corrected chi connectivity index (χ1v) is 7.19. The summed E-state index contributed by atoms with van der Waals surface area (Å²) < 4.78 is 12.0. The Hall–Kier alpha value is -2.05. The van der Waals surface area contributed by atoms with E-state index in [4.69, 9.17) is 9.47 Å². The number of aromatic nitrogens is 2. The minimum Gasteiger partial charge on any atom is -0.476 e. The molecular formula is C14H19N3O4. The molecule has 1 fully saturated rings. The maximum absolute atomic E-state index is 12.6. The maximum Gasteiger partial charge on any atom is 0.308 e. The molecule has 0 bridgehead atoms. The van der Waals surface area contributed by atoms with Crippen molar-refractivity contribution in [1.29, 1.82) is 0 Å². The normalized spacial score (nSPS) is 18.3. The summed E-state index contributed by atoms with van der Waals surface area (Å²) in [5.74, 6) is 0.326. The highest BCUT2D eigenvalue weighted by Crippen LogP contribution is 2.27. The number of hydrogen-bond donors (Lipinski definition) is 0. The van der Waals surface area contributed by atoms with E-state index in [2.05, 4.69) is 5.10 Å². The fourth-order valence-corrected chi connectivity index (χ4v) is 2.94. The fraction of sp³-hybridized carbons (Fsp3) is 0.643. The van der Waals surface area contributed by atoms with Crippen LogP contribution in [0.2, 0.25) is 0 Å². The van der Waals surface area contributed by atoms with Crippen LogP contribution in [-0.2, 0) is 16.1 Å². The number of carbonyl (C=O) groups excluding carboxylic acids is 2. The van der Waals surface area contributed by atoms with E-state index < -0.39 is 0 Å². The highest BCUT2D eigenvalue weighted by Gasteiger charge is 2.32. The second-order valence-electron chi connectivity index (χ2n) is 5.44. The number of hydrogen-bond acceptors (Lipinski definition) is 5. The van der Waals surface area contributed by atoms with Crippen LogP contribution in [0.4, 0.5) is 0 Å². The van der Waals surface area contributed by atoms with Crippen molar-refractivity contribution in [3.8, 4) is 5.88 Å². The third-order valence-corrected chi connectivity index (χ3v) is 4.19. The van der Waals surface area contributed by atoms with E-state index in [9.17, 15) is 9.59 Å². The molecule has 7 heteroatoms. The Morgan fingerprint density at radius 1 is 1.29 bits per heavy atom. The van der Waals surface area contributed by atoms with E-state index in [0.717, 1.165) is 5.56 Å². The summed E-state index contributed by atoms with van der Waals surface area (Å²) in [4.78, 5) is 25.8.